The SMILES string of the molecule is CCCNc1ccccc1C(=O)NCC(C)N1CCCC1. The Balaban J connectivity index is 1.90. The Bertz CT molecular complexity index is 455. The van der Waals surface area contributed by atoms with Crippen molar-refractivity contribution in [2.45, 2.75) is 39.2 Å². The van der Waals surface area contributed by atoms with Gasteiger partial charge in [-0.2, -0.15) is 0 Å². The van der Waals surface area contributed by atoms with Crippen LogP contribution in [0.4, 0.5) is 5.69 Å². The van der Waals surface area contributed by atoms with Gasteiger partial charge in [0.25, 0.3) is 5.91 Å². The number of nitrogens with one attached hydrogen (secondary N) is 2. The van der Waals surface area contributed by atoms with Crippen LogP contribution in [0.1, 0.15) is 43.5 Å². The van der Waals surface area contributed by atoms with E-state index in [4.69, 9.17) is 0 Å². The van der Waals surface area contributed by atoms with E-state index in [2.05, 4.69) is 29.4 Å². The number of nitrogens with zero attached hydrogens (tertiary/aromatic N) is 1. The minimum absolute atomic E-state index is 0.0141. The molecule has 1 heterocycles. The minimum Gasteiger partial charge on any atom is -0.384 e. The summed E-state index contributed by atoms with van der Waals surface area (Å²) in [5.74, 6) is 0.0141. The number of hydrogen-bond acceptors (Lipinski definition) is 3. The van der Waals surface area contributed by atoms with Crippen LogP contribution < -0.4 is 10.6 Å². The first-order chi connectivity index (χ1) is 10.2. The van der Waals surface area contributed by atoms with Gasteiger partial charge < -0.3 is 10.6 Å². The van der Waals surface area contributed by atoms with Crippen molar-refractivity contribution in [3.05, 3.63) is 29.8 Å². The van der Waals surface area contributed by atoms with Gasteiger partial charge in [0.05, 0.1) is 5.56 Å². The summed E-state index contributed by atoms with van der Waals surface area (Å²) in [6, 6.07) is 8.13. The molecule has 1 unspecified atom stereocenters. The highest BCUT2D eigenvalue weighted by Gasteiger charge is 2.19. The molecule has 0 saturated carbocycles. The Hall–Kier alpha value is -1.55. The van der Waals surface area contributed by atoms with Crippen LogP contribution in [0.25, 0.3) is 0 Å². The van der Waals surface area contributed by atoms with Gasteiger partial charge in [-0.25, -0.2) is 0 Å². The smallest absolute Gasteiger partial charge is 0.253 e. The van der Waals surface area contributed by atoms with E-state index in [9.17, 15) is 4.79 Å². The van der Waals surface area contributed by atoms with Crippen LogP contribution in [0, 0.1) is 0 Å². The monoisotopic (exact) mass is 289 g/mol. The van der Waals surface area contributed by atoms with Crippen LogP contribution in [0.3, 0.4) is 0 Å². The maximum Gasteiger partial charge on any atom is 0.253 e. The van der Waals surface area contributed by atoms with E-state index in [1.807, 2.05) is 24.3 Å². The number of carbonyl (C=O) groups is 1. The lowest BCUT2D eigenvalue weighted by Crippen LogP contribution is -2.40. The fourth-order valence-corrected chi connectivity index (χ4v) is 2.74. The van der Waals surface area contributed by atoms with Gasteiger partial charge in [-0.05, 0) is 51.4 Å². The summed E-state index contributed by atoms with van der Waals surface area (Å²) >= 11 is 0. The second-order valence-electron chi connectivity index (χ2n) is 5.77. The number of amides is 1. The highest BCUT2D eigenvalue weighted by atomic mass is 16.1. The van der Waals surface area contributed by atoms with E-state index in [1.165, 1.54) is 12.8 Å². The summed E-state index contributed by atoms with van der Waals surface area (Å²) < 4.78 is 0. The average molecular weight is 289 g/mol. The van der Waals surface area contributed by atoms with Crippen molar-refractivity contribution in [1.29, 1.82) is 0 Å². The Morgan fingerprint density at radius 2 is 2.00 bits per heavy atom. The molecule has 1 aliphatic heterocycles. The summed E-state index contributed by atoms with van der Waals surface area (Å²) in [6.45, 7) is 8.22. The van der Waals surface area contributed by atoms with E-state index in [0.29, 0.717) is 12.6 Å². The molecular formula is C17H27N3O. The molecule has 0 spiro atoms. The number of benzene rings is 1. The van der Waals surface area contributed by atoms with Crippen LogP contribution in [-0.4, -0.2) is 43.0 Å². The maximum atomic E-state index is 12.4. The lowest BCUT2D eigenvalue weighted by atomic mass is 10.1. The molecule has 1 amide bonds. The van der Waals surface area contributed by atoms with Crippen LogP contribution in [0.15, 0.2) is 24.3 Å². The molecule has 1 saturated heterocycles. The molecule has 0 aromatic heterocycles. The highest BCUT2D eigenvalue weighted by Crippen LogP contribution is 2.15. The maximum absolute atomic E-state index is 12.4. The number of anilines is 1. The van der Waals surface area contributed by atoms with E-state index in [0.717, 1.165) is 37.3 Å². The number of para-hydroxylation sites is 1. The van der Waals surface area contributed by atoms with Crippen molar-refractivity contribution < 1.29 is 4.79 Å². The zero-order valence-electron chi connectivity index (χ0n) is 13.2. The molecule has 0 bridgehead atoms. The molecule has 4 heteroatoms. The third-order valence-corrected chi connectivity index (χ3v) is 4.06. The summed E-state index contributed by atoms with van der Waals surface area (Å²) in [4.78, 5) is 14.8. The zero-order valence-corrected chi connectivity index (χ0v) is 13.2. The Kier molecular flexibility index (Phi) is 6.05. The third-order valence-electron chi connectivity index (χ3n) is 4.06. The van der Waals surface area contributed by atoms with Crippen LogP contribution in [-0.2, 0) is 0 Å². The molecule has 0 radical (unpaired) electrons. The van der Waals surface area contributed by atoms with Crippen molar-refractivity contribution >= 4 is 11.6 Å². The van der Waals surface area contributed by atoms with E-state index in [-0.39, 0.29) is 5.91 Å². The standard InChI is InChI=1S/C17H27N3O/c1-3-10-18-16-9-5-4-8-15(16)17(21)19-13-14(2)20-11-6-7-12-20/h4-5,8-9,14,18H,3,6-7,10-13H2,1-2H3,(H,19,21). The average Bonchev–Trinajstić information content (AvgIpc) is 3.05. The molecular weight excluding hydrogens is 262 g/mol. The predicted octanol–water partition coefficient (Wildman–Crippen LogP) is 2.72. The molecule has 1 aliphatic rings. The Labute approximate surface area is 127 Å². The second-order valence-corrected chi connectivity index (χ2v) is 5.77. The van der Waals surface area contributed by atoms with Crippen molar-refractivity contribution in [2.75, 3.05) is 31.5 Å². The molecule has 1 fully saturated rings. The quantitative estimate of drug-likeness (QED) is 0.811. The number of likely N-dealkylation sites (tertiary alicyclic amines) is 1. The summed E-state index contributed by atoms with van der Waals surface area (Å²) in [7, 11) is 0. The first kappa shape index (κ1) is 15.8. The number of rotatable bonds is 7. The normalized spacial score (nSPS) is 16.7. The molecule has 4 nitrogen and oxygen atoms in total. The molecule has 1 aromatic carbocycles. The van der Waals surface area contributed by atoms with Gasteiger partial charge >= 0.3 is 0 Å². The van der Waals surface area contributed by atoms with Crippen LogP contribution in [0.2, 0.25) is 0 Å². The van der Waals surface area contributed by atoms with Crippen LogP contribution >= 0.6 is 0 Å². The largest absolute Gasteiger partial charge is 0.384 e. The molecule has 116 valence electrons. The molecule has 2 N–H and O–H groups in total. The fraction of sp³-hybridized carbons (Fsp3) is 0.588. The van der Waals surface area contributed by atoms with Gasteiger partial charge in [0.2, 0.25) is 0 Å². The Morgan fingerprint density at radius 1 is 1.29 bits per heavy atom. The zero-order chi connectivity index (χ0) is 15.1. The molecule has 2 rings (SSSR count). The Morgan fingerprint density at radius 3 is 2.71 bits per heavy atom. The van der Waals surface area contributed by atoms with Crippen molar-refractivity contribution in [3.63, 3.8) is 0 Å². The van der Waals surface area contributed by atoms with Gasteiger partial charge in [-0.3, -0.25) is 9.69 Å². The van der Waals surface area contributed by atoms with E-state index >= 15 is 0 Å². The lowest BCUT2D eigenvalue weighted by Gasteiger charge is -2.24. The third kappa shape index (κ3) is 4.46. The summed E-state index contributed by atoms with van der Waals surface area (Å²) in [5.41, 5.74) is 1.66. The van der Waals surface area contributed by atoms with Crippen molar-refractivity contribution in [3.8, 4) is 0 Å². The molecule has 1 atom stereocenters. The molecule has 1 aromatic rings. The first-order valence-corrected chi connectivity index (χ1v) is 8.07. The molecule has 21 heavy (non-hydrogen) atoms. The molecule has 0 aliphatic carbocycles. The van der Waals surface area contributed by atoms with Gasteiger partial charge in [0.1, 0.15) is 0 Å². The topological polar surface area (TPSA) is 44.4 Å². The minimum atomic E-state index is 0.0141. The van der Waals surface area contributed by atoms with Crippen molar-refractivity contribution in [1.82, 2.24) is 10.2 Å². The predicted molar refractivity (Wildman–Crippen MR) is 87.8 cm³/mol. The summed E-state index contributed by atoms with van der Waals surface area (Å²) in [5, 5.41) is 6.39. The highest BCUT2D eigenvalue weighted by molar-refractivity contribution is 5.99. The van der Waals surface area contributed by atoms with Gasteiger partial charge in [0.15, 0.2) is 0 Å². The second kappa shape index (κ2) is 8.03. The van der Waals surface area contributed by atoms with E-state index < -0.39 is 0 Å². The summed E-state index contributed by atoms with van der Waals surface area (Å²) in [6.07, 6.45) is 3.60. The first-order valence-electron chi connectivity index (χ1n) is 8.07. The van der Waals surface area contributed by atoms with E-state index in [1.54, 1.807) is 0 Å². The van der Waals surface area contributed by atoms with Gasteiger partial charge in [-0.1, -0.05) is 19.1 Å². The fourth-order valence-electron chi connectivity index (χ4n) is 2.74. The lowest BCUT2D eigenvalue weighted by molar-refractivity contribution is 0.0941. The number of carbonyl (C=O) groups excluding carboxylic acids is 1. The van der Waals surface area contributed by atoms with Gasteiger partial charge in [-0.15, -0.1) is 0 Å². The number of hydrogen-bond donors (Lipinski definition) is 2. The van der Waals surface area contributed by atoms with Gasteiger partial charge in [0, 0.05) is 24.8 Å². The van der Waals surface area contributed by atoms with Crippen molar-refractivity contribution in [2.24, 2.45) is 0 Å². The van der Waals surface area contributed by atoms with Crippen LogP contribution in [0.5, 0.6) is 0 Å².